The fraction of sp³-hybridized carbons (Fsp3) is 0.296. The Morgan fingerprint density at radius 3 is 1.65 bits per heavy atom. The molecule has 10 aromatic rings. The van der Waals surface area contributed by atoms with Gasteiger partial charge in [0.05, 0.1) is 16.6 Å². The summed E-state index contributed by atoms with van der Waals surface area (Å²) in [5, 5.41) is 4.22. The van der Waals surface area contributed by atoms with Crippen molar-refractivity contribution in [2.45, 2.75) is 135 Å². The van der Waals surface area contributed by atoms with E-state index in [0.29, 0.717) is 0 Å². The fourth-order valence-electron chi connectivity index (χ4n) is 16.0. The van der Waals surface area contributed by atoms with Crippen molar-refractivity contribution in [1.29, 1.82) is 0 Å². The number of rotatable bonds is 8. The largest absolute Gasteiger partial charge is 0.310 e. The lowest BCUT2D eigenvalue weighted by atomic mass is 9.31. The summed E-state index contributed by atoms with van der Waals surface area (Å²) in [6, 6.07) is 60.4. The Morgan fingerprint density at radius 1 is 0.473 bits per heavy atom. The van der Waals surface area contributed by atoms with Gasteiger partial charge >= 0.3 is 0 Å². The third kappa shape index (κ3) is 5.20. The molecule has 0 amide bonds. The van der Waals surface area contributed by atoms with Gasteiger partial charge in [-0.1, -0.05) is 197 Å². The third-order valence-corrected chi connectivity index (χ3v) is 21.0. The minimum atomic E-state index is -0.550. The van der Waals surface area contributed by atoms with Crippen LogP contribution in [-0.2, 0) is 27.1 Å². The molecular weight excluding hydrogens is 892 g/mol. The van der Waals surface area contributed by atoms with Gasteiger partial charge in [0.2, 0.25) is 0 Å². The summed E-state index contributed by atoms with van der Waals surface area (Å²) in [4.78, 5) is 0. The van der Waals surface area contributed by atoms with Crippen molar-refractivity contribution in [3.8, 4) is 44.9 Å². The molecule has 0 radical (unpaired) electrons. The second kappa shape index (κ2) is 14.7. The number of fused-ring (bicyclic) bond motifs is 13. The molecule has 0 saturated heterocycles. The lowest BCUT2D eigenvalue weighted by molar-refractivity contribution is 0.334. The Bertz CT molecular complexity index is 4050. The van der Waals surface area contributed by atoms with Gasteiger partial charge in [-0.3, -0.25) is 0 Å². The van der Waals surface area contributed by atoms with Gasteiger partial charge in [0.1, 0.15) is 0 Å². The summed E-state index contributed by atoms with van der Waals surface area (Å²) in [6.07, 6.45) is 6.61. The summed E-state index contributed by atoms with van der Waals surface area (Å²) in [5.41, 5.74) is 30.4. The van der Waals surface area contributed by atoms with Crippen LogP contribution < -0.4 is 16.4 Å². The topological polar surface area (TPSA) is 9.86 Å². The van der Waals surface area contributed by atoms with E-state index in [1.165, 1.54) is 133 Å². The molecule has 364 valence electrons. The van der Waals surface area contributed by atoms with E-state index in [2.05, 4.69) is 230 Å². The second-order valence-corrected chi connectivity index (χ2v) is 25.1. The molecule has 0 atom stereocenters. The molecule has 1 spiro atoms. The highest BCUT2D eigenvalue weighted by Gasteiger charge is 2.56. The number of hydrogen-bond acceptors (Lipinski definition) is 0. The standard InChI is InChI=1S/C71H67BN2/c1-11-69(9,12-2)44-37-48-49-38-45(70(10,13-3)14-4)40-56-64(49)74-63(48)55(39-44)71(51-31-23-21-29-46(51)47-30-22-24-32-52(47)71)53-33-34-57-60(66(53)74)72(56)61-59-54(67(5,6)35-36-68(59,7)8)41-50-58(42-25-17-15-18-26-42)62(73(57)65(50)61)43-27-19-16-20-28-43/h15-34,37-41H,11-14,35-36H2,1-10H3. The summed E-state index contributed by atoms with van der Waals surface area (Å²) in [5.74, 6) is 0. The molecule has 74 heavy (non-hydrogen) atoms. The minimum Gasteiger partial charge on any atom is -0.310 e. The van der Waals surface area contributed by atoms with Crippen LogP contribution >= 0.6 is 0 Å². The first-order valence-electron chi connectivity index (χ1n) is 28.2. The number of nitrogens with zero attached hydrogens (tertiary/aromatic N) is 2. The van der Waals surface area contributed by atoms with Crippen LogP contribution in [0, 0.1) is 0 Å². The monoisotopic (exact) mass is 959 g/mol. The normalized spacial score (nSPS) is 16.6. The predicted octanol–water partition coefficient (Wildman–Crippen LogP) is 16.4. The van der Waals surface area contributed by atoms with Crippen LogP contribution in [0.25, 0.3) is 77.6 Å². The predicted molar refractivity (Wildman–Crippen MR) is 315 cm³/mol. The number of aromatic nitrogens is 2. The van der Waals surface area contributed by atoms with Gasteiger partial charge in [-0.15, -0.1) is 0 Å². The molecule has 2 aliphatic carbocycles. The number of hydrogen-bond donors (Lipinski definition) is 0. The molecular formula is C71H67BN2. The Balaban J connectivity index is 1.25. The van der Waals surface area contributed by atoms with Crippen LogP contribution in [0.4, 0.5) is 0 Å². The smallest absolute Gasteiger partial charge is 0.252 e. The molecule has 3 heteroatoms. The van der Waals surface area contributed by atoms with E-state index in [4.69, 9.17) is 0 Å². The van der Waals surface area contributed by atoms with Crippen LogP contribution in [0.2, 0.25) is 0 Å². The second-order valence-electron chi connectivity index (χ2n) is 25.1. The van der Waals surface area contributed by atoms with Gasteiger partial charge in [-0.2, -0.15) is 0 Å². The lowest BCUT2D eigenvalue weighted by Crippen LogP contribution is -2.63. The molecule has 5 heterocycles. The van der Waals surface area contributed by atoms with Crippen LogP contribution in [0.15, 0.2) is 152 Å². The van der Waals surface area contributed by atoms with Gasteiger partial charge in [0, 0.05) is 44.1 Å². The van der Waals surface area contributed by atoms with Gasteiger partial charge in [0.25, 0.3) is 6.71 Å². The third-order valence-electron chi connectivity index (χ3n) is 21.0. The summed E-state index contributed by atoms with van der Waals surface area (Å²) in [6.45, 7) is 25.0. The van der Waals surface area contributed by atoms with Crippen molar-refractivity contribution in [2.75, 3.05) is 0 Å². The Morgan fingerprint density at radius 2 is 1.03 bits per heavy atom. The molecule has 0 unspecified atom stereocenters. The van der Waals surface area contributed by atoms with Gasteiger partial charge in [0.15, 0.2) is 0 Å². The maximum Gasteiger partial charge on any atom is 0.252 e. The van der Waals surface area contributed by atoms with Crippen LogP contribution in [0.3, 0.4) is 0 Å². The first-order chi connectivity index (χ1) is 35.8. The molecule has 0 bridgehead atoms. The highest BCUT2D eigenvalue weighted by Crippen LogP contribution is 2.63. The molecule has 5 aliphatic rings. The van der Waals surface area contributed by atoms with Crippen molar-refractivity contribution >= 4 is 55.8 Å². The average molecular weight is 959 g/mol. The van der Waals surface area contributed by atoms with E-state index < -0.39 is 5.41 Å². The van der Waals surface area contributed by atoms with Crippen molar-refractivity contribution in [1.82, 2.24) is 9.13 Å². The van der Waals surface area contributed by atoms with E-state index in [1.807, 2.05) is 0 Å². The summed E-state index contributed by atoms with van der Waals surface area (Å²) >= 11 is 0. The molecule has 3 aliphatic heterocycles. The van der Waals surface area contributed by atoms with Crippen LogP contribution in [0.5, 0.6) is 0 Å². The minimum absolute atomic E-state index is 0.000858. The van der Waals surface area contributed by atoms with Crippen molar-refractivity contribution in [3.05, 3.63) is 196 Å². The van der Waals surface area contributed by atoms with Crippen molar-refractivity contribution in [3.63, 3.8) is 0 Å². The van der Waals surface area contributed by atoms with Gasteiger partial charge in [-0.05, 0) is 168 Å². The number of benzene rings is 8. The Kier molecular flexibility index (Phi) is 8.88. The Labute approximate surface area is 438 Å². The lowest BCUT2D eigenvalue weighted by Gasteiger charge is -2.47. The average Bonchev–Trinajstić information content (AvgIpc) is 4.06. The molecule has 0 N–H and O–H groups in total. The van der Waals surface area contributed by atoms with Crippen molar-refractivity contribution < 1.29 is 0 Å². The summed E-state index contributed by atoms with van der Waals surface area (Å²) < 4.78 is 5.64. The fourth-order valence-corrected chi connectivity index (χ4v) is 16.0. The van der Waals surface area contributed by atoms with E-state index in [1.54, 1.807) is 5.56 Å². The zero-order valence-electron chi connectivity index (χ0n) is 45.1. The first-order valence-corrected chi connectivity index (χ1v) is 28.2. The Hall–Kier alpha value is -6.84. The zero-order valence-corrected chi connectivity index (χ0v) is 45.1. The van der Waals surface area contributed by atoms with E-state index in [9.17, 15) is 0 Å². The highest BCUT2D eigenvalue weighted by atomic mass is 15.1. The molecule has 15 rings (SSSR count). The van der Waals surface area contributed by atoms with E-state index in [-0.39, 0.29) is 28.4 Å². The molecule has 0 fully saturated rings. The first kappa shape index (κ1) is 44.6. The van der Waals surface area contributed by atoms with Crippen molar-refractivity contribution in [2.24, 2.45) is 0 Å². The van der Waals surface area contributed by atoms with Gasteiger partial charge < -0.3 is 9.13 Å². The van der Waals surface area contributed by atoms with Crippen LogP contribution in [-0.4, -0.2) is 15.8 Å². The highest BCUT2D eigenvalue weighted by molar-refractivity contribution is 7.00. The molecule has 8 aromatic carbocycles. The maximum atomic E-state index is 2.85. The van der Waals surface area contributed by atoms with E-state index in [0.717, 1.165) is 38.5 Å². The zero-order chi connectivity index (χ0) is 50.6. The maximum absolute atomic E-state index is 2.85. The summed E-state index contributed by atoms with van der Waals surface area (Å²) in [7, 11) is 0. The van der Waals surface area contributed by atoms with E-state index >= 15 is 0 Å². The molecule has 2 aromatic heterocycles. The van der Waals surface area contributed by atoms with Gasteiger partial charge in [-0.25, -0.2) is 0 Å². The molecule has 2 nitrogen and oxygen atoms in total. The van der Waals surface area contributed by atoms with Crippen LogP contribution in [0.1, 0.15) is 152 Å². The quantitative estimate of drug-likeness (QED) is 0.134. The molecule has 0 saturated carbocycles. The SMILES string of the molecule is CCC(C)(CC)c1cc2c3c(c1)c1cc(C(C)(CC)CC)cc4c1n3-c1c(ccc3c1B2c1c2c(cc5c(-c6ccccc6)c(-c6ccccc6)n-3c15)C(C)(C)CCC2(C)C)C41c2ccccc2-c2ccccc21.